The average Bonchev–Trinajstić information content (AvgIpc) is 2.38. The van der Waals surface area contributed by atoms with Crippen LogP contribution >= 0.6 is 0 Å². The van der Waals surface area contributed by atoms with Crippen LogP contribution in [0.25, 0.3) is 0 Å². The SMILES string of the molecule is CC(=O)N(C)CCOC1OC(CO)C(O)C(O)C1O. The number of hydrogen-bond donors (Lipinski definition) is 4. The first-order valence-electron chi connectivity index (χ1n) is 6.02. The normalized spacial score (nSPS) is 35.2. The minimum atomic E-state index is -1.46. The summed E-state index contributed by atoms with van der Waals surface area (Å²) in [5.74, 6) is -0.127. The van der Waals surface area contributed by atoms with Gasteiger partial charge < -0.3 is 34.8 Å². The first-order valence-corrected chi connectivity index (χ1v) is 6.02. The fourth-order valence-corrected chi connectivity index (χ4v) is 1.67. The minimum absolute atomic E-state index is 0.0960. The number of aliphatic hydroxyl groups is 4. The Labute approximate surface area is 111 Å². The second-order valence-electron chi connectivity index (χ2n) is 4.51. The molecule has 0 aromatic rings. The fourth-order valence-electron chi connectivity index (χ4n) is 1.67. The van der Waals surface area contributed by atoms with Gasteiger partial charge in [-0.1, -0.05) is 0 Å². The molecule has 0 spiro atoms. The fraction of sp³-hybridized carbons (Fsp3) is 0.909. The highest BCUT2D eigenvalue weighted by Gasteiger charge is 2.43. The van der Waals surface area contributed by atoms with Gasteiger partial charge in [-0.25, -0.2) is 0 Å². The van der Waals surface area contributed by atoms with Crippen LogP contribution in [-0.4, -0.2) is 88.7 Å². The van der Waals surface area contributed by atoms with Crippen molar-refractivity contribution in [2.45, 2.75) is 37.6 Å². The molecule has 4 N–H and O–H groups in total. The number of hydrogen-bond acceptors (Lipinski definition) is 7. The standard InChI is InChI=1S/C11H21NO7/c1-6(14)12(2)3-4-18-11-10(17)9(16)8(15)7(5-13)19-11/h7-11,13,15-17H,3-5H2,1-2H3. The van der Waals surface area contributed by atoms with Gasteiger partial charge in [0.1, 0.15) is 24.4 Å². The van der Waals surface area contributed by atoms with Gasteiger partial charge in [-0.15, -0.1) is 0 Å². The van der Waals surface area contributed by atoms with Crippen molar-refractivity contribution in [2.24, 2.45) is 0 Å². The van der Waals surface area contributed by atoms with Crippen LogP contribution in [0.3, 0.4) is 0 Å². The molecular weight excluding hydrogens is 258 g/mol. The van der Waals surface area contributed by atoms with Gasteiger partial charge in [-0.2, -0.15) is 0 Å². The molecule has 8 heteroatoms. The summed E-state index contributed by atoms with van der Waals surface area (Å²) in [6, 6.07) is 0. The van der Waals surface area contributed by atoms with Crippen molar-refractivity contribution >= 4 is 5.91 Å². The molecule has 1 amide bonds. The molecule has 5 atom stereocenters. The van der Waals surface area contributed by atoms with Crippen LogP contribution in [-0.2, 0) is 14.3 Å². The molecule has 1 heterocycles. The molecule has 1 fully saturated rings. The molecule has 0 bridgehead atoms. The van der Waals surface area contributed by atoms with E-state index in [0.29, 0.717) is 6.54 Å². The summed E-state index contributed by atoms with van der Waals surface area (Å²) in [4.78, 5) is 12.4. The number of ether oxygens (including phenoxy) is 2. The first-order chi connectivity index (χ1) is 8.88. The molecule has 0 radical (unpaired) electrons. The first kappa shape index (κ1) is 16.3. The van der Waals surface area contributed by atoms with Crippen molar-refractivity contribution in [2.75, 3.05) is 26.8 Å². The Morgan fingerprint density at radius 1 is 1.26 bits per heavy atom. The molecule has 19 heavy (non-hydrogen) atoms. The Morgan fingerprint density at radius 3 is 2.42 bits per heavy atom. The van der Waals surface area contributed by atoms with Crippen molar-refractivity contribution in [1.29, 1.82) is 0 Å². The Balaban J connectivity index is 2.46. The second-order valence-corrected chi connectivity index (χ2v) is 4.51. The third kappa shape index (κ3) is 4.10. The van der Waals surface area contributed by atoms with Crippen LogP contribution < -0.4 is 0 Å². The van der Waals surface area contributed by atoms with E-state index in [2.05, 4.69) is 0 Å². The van der Waals surface area contributed by atoms with Gasteiger partial charge in [-0.05, 0) is 0 Å². The molecule has 1 aliphatic rings. The van der Waals surface area contributed by atoms with E-state index < -0.39 is 37.3 Å². The summed E-state index contributed by atoms with van der Waals surface area (Å²) in [6.07, 6.45) is -6.42. The zero-order valence-corrected chi connectivity index (χ0v) is 11.0. The summed E-state index contributed by atoms with van der Waals surface area (Å²) in [7, 11) is 1.60. The van der Waals surface area contributed by atoms with Crippen LogP contribution in [0.4, 0.5) is 0 Å². The third-order valence-electron chi connectivity index (χ3n) is 3.09. The monoisotopic (exact) mass is 279 g/mol. The number of nitrogens with zero attached hydrogens (tertiary/aromatic N) is 1. The lowest BCUT2D eigenvalue weighted by molar-refractivity contribution is -0.301. The number of carbonyl (C=O) groups excluding carboxylic acids is 1. The van der Waals surface area contributed by atoms with E-state index in [1.54, 1.807) is 7.05 Å². The smallest absolute Gasteiger partial charge is 0.219 e. The predicted molar refractivity (Wildman–Crippen MR) is 63.0 cm³/mol. The van der Waals surface area contributed by atoms with Gasteiger partial charge >= 0.3 is 0 Å². The Morgan fingerprint density at radius 2 is 1.89 bits per heavy atom. The molecule has 5 unspecified atom stereocenters. The topological polar surface area (TPSA) is 120 Å². The number of amides is 1. The average molecular weight is 279 g/mol. The number of rotatable bonds is 5. The molecule has 1 rings (SSSR count). The highest BCUT2D eigenvalue weighted by Crippen LogP contribution is 2.21. The summed E-state index contributed by atoms with van der Waals surface area (Å²) in [5, 5.41) is 37.7. The van der Waals surface area contributed by atoms with E-state index in [-0.39, 0.29) is 12.5 Å². The highest BCUT2D eigenvalue weighted by molar-refractivity contribution is 5.72. The molecule has 0 aromatic carbocycles. The van der Waals surface area contributed by atoms with Crippen molar-refractivity contribution in [3.63, 3.8) is 0 Å². The van der Waals surface area contributed by atoms with Gasteiger partial charge in [0.2, 0.25) is 5.91 Å². The maximum absolute atomic E-state index is 11.0. The molecule has 112 valence electrons. The van der Waals surface area contributed by atoms with Crippen molar-refractivity contribution in [3.8, 4) is 0 Å². The Kier molecular flexibility index (Phi) is 6.11. The van der Waals surface area contributed by atoms with Gasteiger partial charge in [0, 0.05) is 20.5 Å². The second kappa shape index (κ2) is 7.13. The van der Waals surface area contributed by atoms with Crippen LogP contribution in [0.1, 0.15) is 6.92 Å². The molecule has 1 saturated heterocycles. The van der Waals surface area contributed by atoms with Crippen LogP contribution in [0, 0.1) is 0 Å². The molecule has 0 aromatic heterocycles. The van der Waals surface area contributed by atoms with Gasteiger partial charge in [-0.3, -0.25) is 4.79 Å². The van der Waals surface area contributed by atoms with Gasteiger partial charge in [0.25, 0.3) is 0 Å². The molecule has 0 saturated carbocycles. The van der Waals surface area contributed by atoms with Crippen molar-refractivity contribution in [1.82, 2.24) is 4.90 Å². The number of aliphatic hydroxyl groups excluding tert-OH is 4. The van der Waals surface area contributed by atoms with Gasteiger partial charge in [0.05, 0.1) is 13.2 Å². The number of carbonyl (C=O) groups is 1. The molecular formula is C11H21NO7. The van der Waals surface area contributed by atoms with Crippen molar-refractivity contribution < 1.29 is 34.7 Å². The highest BCUT2D eigenvalue weighted by atomic mass is 16.7. The maximum atomic E-state index is 11.0. The van der Waals surface area contributed by atoms with E-state index >= 15 is 0 Å². The van der Waals surface area contributed by atoms with Crippen LogP contribution in [0.5, 0.6) is 0 Å². The van der Waals surface area contributed by atoms with E-state index in [4.69, 9.17) is 14.6 Å². The third-order valence-corrected chi connectivity index (χ3v) is 3.09. The van der Waals surface area contributed by atoms with Crippen LogP contribution in [0.2, 0.25) is 0 Å². The summed E-state index contributed by atoms with van der Waals surface area (Å²) in [5.41, 5.74) is 0. The summed E-state index contributed by atoms with van der Waals surface area (Å²) >= 11 is 0. The minimum Gasteiger partial charge on any atom is -0.394 e. The van der Waals surface area contributed by atoms with E-state index in [9.17, 15) is 20.1 Å². The maximum Gasteiger partial charge on any atom is 0.219 e. The lowest BCUT2D eigenvalue weighted by Crippen LogP contribution is -2.59. The Hall–Kier alpha value is -0.770. The van der Waals surface area contributed by atoms with Crippen LogP contribution in [0.15, 0.2) is 0 Å². The van der Waals surface area contributed by atoms with Gasteiger partial charge in [0.15, 0.2) is 6.29 Å². The van der Waals surface area contributed by atoms with E-state index in [1.165, 1.54) is 11.8 Å². The summed E-state index contributed by atoms with van der Waals surface area (Å²) < 4.78 is 10.4. The Bertz CT molecular complexity index is 299. The lowest BCUT2D eigenvalue weighted by atomic mass is 9.99. The lowest BCUT2D eigenvalue weighted by Gasteiger charge is -2.39. The zero-order valence-electron chi connectivity index (χ0n) is 11.0. The largest absolute Gasteiger partial charge is 0.394 e. The van der Waals surface area contributed by atoms with E-state index in [1.807, 2.05) is 0 Å². The molecule has 1 aliphatic heterocycles. The molecule has 8 nitrogen and oxygen atoms in total. The van der Waals surface area contributed by atoms with E-state index in [0.717, 1.165) is 0 Å². The van der Waals surface area contributed by atoms with Crippen molar-refractivity contribution in [3.05, 3.63) is 0 Å². The quantitative estimate of drug-likeness (QED) is 0.431. The molecule has 0 aliphatic carbocycles. The summed E-state index contributed by atoms with van der Waals surface area (Å²) in [6.45, 7) is 1.30. The predicted octanol–water partition coefficient (Wildman–Crippen LogP) is -2.72. The zero-order chi connectivity index (χ0) is 14.6. The number of likely N-dealkylation sites (N-methyl/N-ethyl adjacent to an activating group) is 1.